The Labute approximate surface area is 98.0 Å². The lowest BCUT2D eigenvalue weighted by Gasteiger charge is -2.46. The summed E-state index contributed by atoms with van der Waals surface area (Å²) >= 11 is 0. The van der Waals surface area contributed by atoms with Crippen molar-refractivity contribution in [2.24, 2.45) is 0 Å². The number of hydrogen-bond acceptors (Lipinski definition) is 4. The molecule has 6 nitrogen and oxygen atoms in total. The summed E-state index contributed by atoms with van der Waals surface area (Å²) in [7, 11) is 0. The number of likely N-dealkylation sites (tertiary alicyclic amines) is 1. The van der Waals surface area contributed by atoms with Crippen molar-refractivity contribution in [1.29, 1.82) is 0 Å². The molecule has 1 unspecified atom stereocenters. The average Bonchev–Trinajstić information content (AvgIpc) is 2.08. The minimum atomic E-state index is -2.40. The third-order valence-electron chi connectivity index (χ3n) is 2.27. The molecule has 17 heavy (non-hydrogen) atoms. The highest BCUT2D eigenvalue weighted by Gasteiger charge is 2.54. The normalized spacial score (nSPS) is 20.4. The SMILES string of the molecule is CC(C)(C)OC(=O)N1CC(O)(C(F)C(=O)O)C1. The summed E-state index contributed by atoms with van der Waals surface area (Å²) < 4.78 is 18.1. The van der Waals surface area contributed by atoms with Gasteiger partial charge in [0, 0.05) is 0 Å². The summed E-state index contributed by atoms with van der Waals surface area (Å²) in [6.07, 6.45) is -3.10. The van der Waals surface area contributed by atoms with E-state index in [1.165, 1.54) is 0 Å². The van der Waals surface area contributed by atoms with Gasteiger partial charge < -0.3 is 19.8 Å². The number of nitrogens with zero attached hydrogens (tertiary/aromatic N) is 1. The molecular weight excluding hydrogens is 233 g/mol. The number of carboxylic acid groups (broad SMARTS) is 1. The maximum Gasteiger partial charge on any atom is 0.410 e. The molecule has 1 amide bonds. The van der Waals surface area contributed by atoms with E-state index in [1.807, 2.05) is 0 Å². The van der Waals surface area contributed by atoms with Crippen LogP contribution in [0.3, 0.4) is 0 Å². The van der Waals surface area contributed by atoms with Crippen LogP contribution in [0.15, 0.2) is 0 Å². The molecule has 0 bridgehead atoms. The monoisotopic (exact) mass is 249 g/mol. The van der Waals surface area contributed by atoms with E-state index in [9.17, 15) is 19.1 Å². The zero-order valence-corrected chi connectivity index (χ0v) is 9.94. The Morgan fingerprint density at radius 3 is 2.24 bits per heavy atom. The second kappa shape index (κ2) is 4.14. The van der Waals surface area contributed by atoms with Crippen LogP contribution in [-0.2, 0) is 9.53 Å². The molecule has 1 atom stereocenters. The largest absolute Gasteiger partial charge is 0.479 e. The van der Waals surface area contributed by atoms with Crippen molar-refractivity contribution in [2.75, 3.05) is 13.1 Å². The van der Waals surface area contributed by atoms with Gasteiger partial charge in [0.1, 0.15) is 11.2 Å². The van der Waals surface area contributed by atoms with Crippen molar-refractivity contribution in [3.8, 4) is 0 Å². The molecule has 0 spiro atoms. The molecule has 7 heteroatoms. The van der Waals surface area contributed by atoms with E-state index >= 15 is 0 Å². The molecule has 0 aromatic heterocycles. The molecule has 98 valence electrons. The minimum absolute atomic E-state index is 0.380. The lowest BCUT2D eigenvalue weighted by atomic mass is 9.89. The van der Waals surface area contributed by atoms with E-state index in [0.29, 0.717) is 0 Å². The highest BCUT2D eigenvalue weighted by atomic mass is 19.1. The number of ether oxygens (including phenoxy) is 1. The molecule has 0 aliphatic carbocycles. The van der Waals surface area contributed by atoms with E-state index < -0.39 is 29.4 Å². The number of β-amino-alcohol motifs (C(OH)–C–C–N with tert-alkyl or cyclic N) is 1. The van der Waals surface area contributed by atoms with Crippen molar-refractivity contribution >= 4 is 12.1 Å². The molecule has 1 fully saturated rings. The summed E-state index contributed by atoms with van der Waals surface area (Å²) in [5.74, 6) is -1.74. The van der Waals surface area contributed by atoms with Crippen molar-refractivity contribution < 1.29 is 28.9 Å². The van der Waals surface area contributed by atoms with Crippen LogP contribution in [0.2, 0.25) is 0 Å². The summed E-state index contributed by atoms with van der Waals surface area (Å²) in [6.45, 7) is 4.26. The van der Waals surface area contributed by atoms with Gasteiger partial charge in [0.25, 0.3) is 0 Å². The first kappa shape index (κ1) is 13.7. The van der Waals surface area contributed by atoms with Crippen molar-refractivity contribution in [3.05, 3.63) is 0 Å². The number of aliphatic hydroxyl groups is 1. The molecule has 0 aromatic rings. The molecule has 1 heterocycles. The van der Waals surface area contributed by atoms with Gasteiger partial charge in [-0.15, -0.1) is 0 Å². The van der Waals surface area contributed by atoms with Crippen LogP contribution in [0.4, 0.5) is 9.18 Å². The number of alkyl halides is 1. The van der Waals surface area contributed by atoms with E-state index in [-0.39, 0.29) is 13.1 Å². The number of carbonyl (C=O) groups is 2. The first-order valence-electron chi connectivity index (χ1n) is 5.12. The minimum Gasteiger partial charge on any atom is -0.479 e. The number of rotatable bonds is 2. The average molecular weight is 249 g/mol. The summed E-state index contributed by atoms with van der Waals surface area (Å²) in [6, 6.07) is 0. The zero-order chi connectivity index (χ0) is 13.4. The van der Waals surface area contributed by atoms with Crippen LogP contribution in [0, 0.1) is 0 Å². The van der Waals surface area contributed by atoms with Gasteiger partial charge in [-0.25, -0.2) is 14.0 Å². The first-order chi connectivity index (χ1) is 7.55. The van der Waals surface area contributed by atoms with Crippen LogP contribution in [0.25, 0.3) is 0 Å². The topological polar surface area (TPSA) is 87.1 Å². The molecule has 0 saturated carbocycles. The van der Waals surface area contributed by atoms with Gasteiger partial charge in [0.15, 0.2) is 0 Å². The lowest BCUT2D eigenvalue weighted by molar-refractivity contribution is -0.172. The van der Waals surface area contributed by atoms with E-state index in [4.69, 9.17) is 9.84 Å². The maximum absolute atomic E-state index is 13.1. The number of halogens is 1. The molecular formula is C10H16FNO5. The third-order valence-corrected chi connectivity index (χ3v) is 2.27. The number of hydrogen-bond donors (Lipinski definition) is 2. The number of amides is 1. The second-order valence-electron chi connectivity index (χ2n) is 5.14. The van der Waals surface area contributed by atoms with Crippen molar-refractivity contribution in [3.63, 3.8) is 0 Å². The van der Waals surface area contributed by atoms with Gasteiger partial charge in [-0.1, -0.05) is 0 Å². The van der Waals surface area contributed by atoms with Gasteiger partial charge in [-0.3, -0.25) is 0 Å². The summed E-state index contributed by atoms with van der Waals surface area (Å²) in [5, 5.41) is 18.0. The summed E-state index contributed by atoms with van der Waals surface area (Å²) in [4.78, 5) is 22.9. The Morgan fingerprint density at radius 2 is 1.88 bits per heavy atom. The van der Waals surface area contributed by atoms with Gasteiger partial charge in [-0.2, -0.15) is 0 Å². The second-order valence-corrected chi connectivity index (χ2v) is 5.14. The Bertz CT molecular complexity index is 332. The lowest BCUT2D eigenvalue weighted by Crippen LogP contribution is -2.69. The van der Waals surface area contributed by atoms with Crippen LogP contribution in [0.5, 0.6) is 0 Å². The number of carboxylic acids is 1. The Morgan fingerprint density at radius 1 is 1.41 bits per heavy atom. The van der Waals surface area contributed by atoms with E-state index in [1.54, 1.807) is 20.8 Å². The molecule has 1 aliphatic heterocycles. The van der Waals surface area contributed by atoms with Gasteiger partial charge >= 0.3 is 12.1 Å². The molecule has 0 radical (unpaired) electrons. The molecule has 1 aliphatic rings. The standard InChI is InChI=1S/C10H16FNO5/c1-9(2,3)17-8(15)12-4-10(16,5-12)6(11)7(13)14/h6,16H,4-5H2,1-3H3,(H,13,14). The third kappa shape index (κ3) is 3.06. The Balaban J connectivity index is 2.51. The Kier molecular flexibility index (Phi) is 3.33. The van der Waals surface area contributed by atoms with Crippen LogP contribution < -0.4 is 0 Å². The maximum atomic E-state index is 13.1. The summed E-state index contributed by atoms with van der Waals surface area (Å²) in [5.41, 5.74) is -2.70. The fourth-order valence-corrected chi connectivity index (χ4v) is 1.46. The van der Waals surface area contributed by atoms with Crippen LogP contribution in [-0.4, -0.2) is 57.6 Å². The van der Waals surface area contributed by atoms with Crippen LogP contribution >= 0.6 is 0 Å². The zero-order valence-electron chi connectivity index (χ0n) is 9.94. The van der Waals surface area contributed by atoms with Crippen molar-refractivity contribution in [1.82, 2.24) is 4.90 Å². The van der Waals surface area contributed by atoms with E-state index in [0.717, 1.165) is 4.90 Å². The van der Waals surface area contributed by atoms with Gasteiger partial charge in [0.05, 0.1) is 13.1 Å². The molecule has 1 rings (SSSR count). The van der Waals surface area contributed by atoms with Gasteiger partial charge in [0.2, 0.25) is 6.17 Å². The Hall–Kier alpha value is -1.37. The highest BCUT2D eigenvalue weighted by molar-refractivity contribution is 5.76. The quantitative estimate of drug-likeness (QED) is 0.739. The molecule has 1 saturated heterocycles. The molecule has 2 N–H and O–H groups in total. The van der Waals surface area contributed by atoms with E-state index in [2.05, 4.69) is 0 Å². The van der Waals surface area contributed by atoms with Crippen LogP contribution in [0.1, 0.15) is 20.8 Å². The van der Waals surface area contributed by atoms with Crippen molar-refractivity contribution in [2.45, 2.75) is 38.1 Å². The predicted octanol–water partition coefficient (Wildman–Crippen LogP) is 0.391. The molecule has 0 aromatic carbocycles. The van der Waals surface area contributed by atoms with Gasteiger partial charge in [-0.05, 0) is 20.8 Å². The predicted molar refractivity (Wildman–Crippen MR) is 55.3 cm³/mol. The smallest absolute Gasteiger partial charge is 0.410 e. The fraction of sp³-hybridized carbons (Fsp3) is 0.800. The first-order valence-corrected chi connectivity index (χ1v) is 5.12. The number of carbonyl (C=O) groups excluding carboxylic acids is 1. The highest BCUT2D eigenvalue weighted by Crippen LogP contribution is 2.28. The number of aliphatic carboxylic acids is 1. The fourth-order valence-electron chi connectivity index (χ4n) is 1.46.